The van der Waals surface area contributed by atoms with E-state index >= 15 is 0 Å². The first kappa shape index (κ1) is 15.6. The number of ether oxygens (including phenoxy) is 2. The number of fused-ring (bicyclic) bond motifs is 1. The zero-order chi connectivity index (χ0) is 15.6. The average molecular weight is 306 g/mol. The Kier molecular flexibility index (Phi) is 4.73. The first-order valence-electron chi connectivity index (χ1n) is 6.91. The SMILES string of the molecule is COc1ccc2c(OC(C)C)cc(C=C(C)C)nc2c1Cl. The van der Waals surface area contributed by atoms with Crippen molar-refractivity contribution in [3.05, 3.63) is 34.5 Å². The lowest BCUT2D eigenvalue weighted by molar-refractivity contribution is 0.245. The second kappa shape index (κ2) is 6.35. The summed E-state index contributed by atoms with van der Waals surface area (Å²) < 4.78 is 11.2. The highest BCUT2D eigenvalue weighted by Crippen LogP contribution is 2.36. The van der Waals surface area contributed by atoms with Crippen LogP contribution in [0.5, 0.6) is 11.5 Å². The van der Waals surface area contributed by atoms with Crippen LogP contribution in [-0.4, -0.2) is 18.2 Å². The number of methoxy groups -OCH3 is 1. The molecule has 1 aromatic carbocycles. The molecule has 0 amide bonds. The molecule has 4 heteroatoms. The van der Waals surface area contributed by atoms with Gasteiger partial charge in [-0.15, -0.1) is 0 Å². The fraction of sp³-hybridized carbons (Fsp3) is 0.353. The fourth-order valence-electron chi connectivity index (χ4n) is 2.11. The van der Waals surface area contributed by atoms with Gasteiger partial charge >= 0.3 is 0 Å². The Balaban J connectivity index is 2.74. The van der Waals surface area contributed by atoms with Crippen LogP contribution in [0.2, 0.25) is 5.02 Å². The molecule has 0 N–H and O–H groups in total. The maximum atomic E-state index is 6.40. The highest BCUT2D eigenvalue weighted by atomic mass is 35.5. The molecule has 0 fully saturated rings. The molecule has 1 aromatic heterocycles. The van der Waals surface area contributed by atoms with Crippen molar-refractivity contribution in [1.82, 2.24) is 4.98 Å². The Morgan fingerprint density at radius 3 is 2.52 bits per heavy atom. The lowest BCUT2D eigenvalue weighted by Gasteiger charge is -2.15. The van der Waals surface area contributed by atoms with Crippen LogP contribution in [0.15, 0.2) is 23.8 Å². The Morgan fingerprint density at radius 2 is 1.95 bits per heavy atom. The normalized spacial score (nSPS) is 10.8. The molecule has 0 bridgehead atoms. The molecule has 21 heavy (non-hydrogen) atoms. The zero-order valence-corrected chi connectivity index (χ0v) is 13.8. The summed E-state index contributed by atoms with van der Waals surface area (Å²) in [7, 11) is 1.60. The molecule has 0 saturated heterocycles. The van der Waals surface area contributed by atoms with Crippen LogP contribution in [0.25, 0.3) is 17.0 Å². The van der Waals surface area contributed by atoms with Gasteiger partial charge in [-0.1, -0.05) is 17.2 Å². The van der Waals surface area contributed by atoms with Crippen molar-refractivity contribution in [2.75, 3.05) is 7.11 Å². The van der Waals surface area contributed by atoms with Gasteiger partial charge < -0.3 is 9.47 Å². The number of halogens is 1. The van der Waals surface area contributed by atoms with Gasteiger partial charge in [0.2, 0.25) is 0 Å². The summed E-state index contributed by atoms with van der Waals surface area (Å²) >= 11 is 6.40. The van der Waals surface area contributed by atoms with E-state index in [1.807, 2.05) is 52.0 Å². The first-order chi connectivity index (χ1) is 9.92. The summed E-state index contributed by atoms with van der Waals surface area (Å²) in [6.07, 6.45) is 2.08. The van der Waals surface area contributed by atoms with E-state index in [9.17, 15) is 0 Å². The average Bonchev–Trinajstić information content (AvgIpc) is 2.38. The Bertz CT molecular complexity index is 689. The molecule has 0 unspecified atom stereocenters. The quantitative estimate of drug-likeness (QED) is 0.787. The van der Waals surface area contributed by atoms with Gasteiger partial charge in [0, 0.05) is 11.5 Å². The summed E-state index contributed by atoms with van der Waals surface area (Å²) in [6, 6.07) is 5.70. The minimum absolute atomic E-state index is 0.0797. The predicted molar refractivity (Wildman–Crippen MR) is 88.4 cm³/mol. The Labute approximate surface area is 130 Å². The molecule has 0 aliphatic carbocycles. The molecular formula is C17H20ClNO2. The van der Waals surface area contributed by atoms with E-state index in [4.69, 9.17) is 21.1 Å². The van der Waals surface area contributed by atoms with E-state index in [0.717, 1.165) is 22.4 Å². The second-order valence-electron chi connectivity index (χ2n) is 5.41. The molecule has 0 radical (unpaired) electrons. The van der Waals surface area contributed by atoms with Crippen LogP contribution in [0.3, 0.4) is 0 Å². The van der Waals surface area contributed by atoms with Gasteiger partial charge in [-0.05, 0) is 45.9 Å². The van der Waals surface area contributed by atoms with Gasteiger partial charge in [0.05, 0.1) is 24.4 Å². The smallest absolute Gasteiger partial charge is 0.139 e. The van der Waals surface area contributed by atoms with Crippen molar-refractivity contribution < 1.29 is 9.47 Å². The fourth-order valence-corrected chi connectivity index (χ4v) is 2.39. The van der Waals surface area contributed by atoms with E-state index in [1.54, 1.807) is 7.11 Å². The van der Waals surface area contributed by atoms with Crippen LogP contribution in [0.1, 0.15) is 33.4 Å². The van der Waals surface area contributed by atoms with Crippen molar-refractivity contribution in [1.29, 1.82) is 0 Å². The summed E-state index contributed by atoms with van der Waals surface area (Å²) in [5, 5.41) is 1.40. The number of nitrogens with zero attached hydrogens (tertiary/aromatic N) is 1. The molecule has 2 aromatic rings. The van der Waals surface area contributed by atoms with E-state index in [2.05, 4.69) is 4.98 Å². The molecule has 2 rings (SSSR count). The number of hydrogen-bond donors (Lipinski definition) is 0. The summed E-state index contributed by atoms with van der Waals surface area (Å²) in [4.78, 5) is 4.62. The third kappa shape index (κ3) is 3.48. The van der Waals surface area contributed by atoms with E-state index in [1.165, 1.54) is 0 Å². The second-order valence-corrected chi connectivity index (χ2v) is 5.79. The Hall–Kier alpha value is -1.74. The molecule has 0 aliphatic heterocycles. The summed E-state index contributed by atoms with van der Waals surface area (Å²) in [5.41, 5.74) is 2.69. The largest absolute Gasteiger partial charge is 0.495 e. The maximum Gasteiger partial charge on any atom is 0.139 e. The summed E-state index contributed by atoms with van der Waals surface area (Å²) in [6.45, 7) is 8.06. The first-order valence-corrected chi connectivity index (χ1v) is 7.29. The lowest BCUT2D eigenvalue weighted by atomic mass is 10.1. The van der Waals surface area contributed by atoms with Gasteiger partial charge in [0.1, 0.15) is 16.5 Å². The highest BCUT2D eigenvalue weighted by Gasteiger charge is 2.13. The molecular weight excluding hydrogens is 286 g/mol. The standard InChI is InChI=1S/C17H20ClNO2/c1-10(2)8-12-9-15(21-11(3)4)13-6-7-14(20-5)16(18)17(13)19-12/h6-9,11H,1-5H3. The topological polar surface area (TPSA) is 31.4 Å². The molecule has 0 saturated carbocycles. The molecule has 1 heterocycles. The van der Waals surface area contributed by atoms with Crippen LogP contribution >= 0.6 is 11.6 Å². The predicted octanol–water partition coefficient (Wildman–Crippen LogP) is 5.11. The number of benzene rings is 1. The monoisotopic (exact) mass is 305 g/mol. The van der Waals surface area contributed by atoms with E-state index in [-0.39, 0.29) is 6.10 Å². The van der Waals surface area contributed by atoms with E-state index in [0.29, 0.717) is 16.3 Å². The number of aromatic nitrogens is 1. The lowest BCUT2D eigenvalue weighted by Crippen LogP contribution is -2.06. The summed E-state index contributed by atoms with van der Waals surface area (Å²) in [5.74, 6) is 1.40. The maximum absolute atomic E-state index is 6.40. The van der Waals surface area contributed by atoms with Gasteiger partial charge in [-0.25, -0.2) is 4.98 Å². The minimum atomic E-state index is 0.0797. The van der Waals surface area contributed by atoms with Crippen LogP contribution in [0.4, 0.5) is 0 Å². The van der Waals surface area contributed by atoms with Gasteiger partial charge in [-0.3, -0.25) is 0 Å². The number of hydrogen-bond acceptors (Lipinski definition) is 3. The molecule has 3 nitrogen and oxygen atoms in total. The molecule has 0 spiro atoms. The highest BCUT2D eigenvalue weighted by molar-refractivity contribution is 6.36. The third-order valence-corrected chi connectivity index (χ3v) is 3.25. The Morgan fingerprint density at radius 1 is 1.24 bits per heavy atom. The van der Waals surface area contributed by atoms with Crippen molar-refractivity contribution in [2.24, 2.45) is 0 Å². The number of pyridine rings is 1. The van der Waals surface area contributed by atoms with Crippen molar-refractivity contribution >= 4 is 28.6 Å². The van der Waals surface area contributed by atoms with Crippen LogP contribution in [-0.2, 0) is 0 Å². The molecule has 0 atom stereocenters. The van der Waals surface area contributed by atoms with E-state index < -0.39 is 0 Å². The van der Waals surface area contributed by atoms with Crippen LogP contribution in [0, 0.1) is 0 Å². The number of rotatable bonds is 4. The zero-order valence-electron chi connectivity index (χ0n) is 13.0. The van der Waals surface area contributed by atoms with Crippen LogP contribution < -0.4 is 9.47 Å². The number of allylic oxidation sites excluding steroid dienone is 1. The van der Waals surface area contributed by atoms with Crippen molar-refractivity contribution in [2.45, 2.75) is 33.8 Å². The third-order valence-electron chi connectivity index (χ3n) is 2.89. The molecule has 112 valence electrons. The minimum Gasteiger partial charge on any atom is -0.495 e. The van der Waals surface area contributed by atoms with Gasteiger partial charge in [0.15, 0.2) is 0 Å². The van der Waals surface area contributed by atoms with Crippen molar-refractivity contribution in [3.63, 3.8) is 0 Å². The van der Waals surface area contributed by atoms with Gasteiger partial charge in [-0.2, -0.15) is 0 Å². The molecule has 0 aliphatic rings. The van der Waals surface area contributed by atoms with Gasteiger partial charge in [0.25, 0.3) is 0 Å². The van der Waals surface area contributed by atoms with Crippen molar-refractivity contribution in [3.8, 4) is 11.5 Å².